The van der Waals surface area contributed by atoms with Gasteiger partial charge in [0.25, 0.3) is 0 Å². The molecule has 5 heteroatoms. The Morgan fingerprint density at radius 1 is 1.10 bits per heavy atom. The average molecular weight is 328 g/mol. The summed E-state index contributed by atoms with van der Waals surface area (Å²) in [5, 5.41) is 4.33. The third-order valence-electron chi connectivity index (χ3n) is 2.84. The van der Waals surface area contributed by atoms with Crippen LogP contribution in [-0.4, -0.2) is 6.54 Å². The Labute approximate surface area is 135 Å². The van der Waals surface area contributed by atoms with Crippen LogP contribution in [-0.2, 0) is 13.2 Å². The van der Waals surface area contributed by atoms with E-state index in [0.717, 1.165) is 24.6 Å². The molecule has 21 heavy (non-hydrogen) atoms. The lowest BCUT2D eigenvalue weighted by Crippen LogP contribution is -2.18. The summed E-state index contributed by atoms with van der Waals surface area (Å²) in [4.78, 5) is 0. The monoisotopic (exact) mass is 327 g/mol. The molecule has 0 fully saturated rings. The van der Waals surface area contributed by atoms with Crippen LogP contribution in [0.15, 0.2) is 34.7 Å². The summed E-state index contributed by atoms with van der Waals surface area (Å²) < 4.78 is 11.3. The molecular weight excluding hydrogens is 309 g/mol. The Kier molecular flexibility index (Phi) is 5.97. The minimum Gasteiger partial charge on any atom is -0.486 e. The number of rotatable bonds is 7. The van der Waals surface area contributed by atoms with Crippen molar-refractivity contribution in [3.63, 3.8) is 0 Å². The highest BCUT2D eigenvalue weighted by molar-refractivity contribution is 6.42. The van der Waals surface area contributed by atoms with Gasteiger partial charge in [-0.3, -0.25) is 0 Å². The Morgan fingerprint density at radius 2 is 1.86 bits per heavy atom. The van der Waals surface area contributed by atoms with E-state index in [1.165, 1.54) is 0 Å². The second kappa shape index (κ2) is 7.74. The van der Waals surface area contributed by atoms with E-state index in [9.17, 15) is 0 Å². The van der Waals surface area contributed by atoms with E-state index in [4.69, 9.17) is 32.4 Å². The van der Waals surface area contributed by atoms with Crippen LogP contribution in [0.5, 0.6) is 5.75 Å². The third-order valence-corrected chi connectivity index (χ3v) is 3.58. The Balaban J connectivity index is 1.83. The number of benzene rings is 1. The van der Waals surface area contributed by atoms with Crippen LogP contribution in [0.25, 0.3) is 0 Å². The van der Waals surface area contributed by atoms with Crippen LogP contribution in [0.3, 0.4) is 0 Å². The molecule has 0 saturated heterocycles. The van der Waals surface area contributed by atoms with Gasteiger partial charge in [0.1, 0.15) is 23.9 Å². The number of nitrogens with one attached hydrogen (secondary N) is 1. The molecule has 2 aromatic rings. The molecule has 114 valence electrons. The van der Waals surface area contributed by atoms with Gasteiger partial charge in [-0.2, -0.15) is 0 Å². The van der Waals surface area contributed by atoms with Crippen molar-refractivity contribution in [3.05, 3.63) is 51.9 Å². The minimum atomic E-state index is 0.363. The maximum atomic E-state index is 5.94. The van der Waals surface area contributed by atoms with Crippen molar-refractivity contribution in [3.8, 4) is 5.75 Å². The zero-order valence-electron chi connectivity index (χ0n) is 12.2. The van der Waals surface area contributed by atoms with Crippen molar-refractivity contribution in [1.29, 1.82) is 0 Å². The largest absolute Gasteiger partial charge is 0.486 e. The van der Waals surface area contributed by atoms with E-state index in [1.807, 2.05) is 12.1 Å². The first kappa shape index (κ1) is 16.2. The standard InChI is InChI=1S/C16H19Cl2NO2/c1-11(2)8-19-9-13-3-4-14(21-13)10-20-12-5-6-15(17)16(18)7-12/h3-7,11,19H,8-10H2,1-2H3. The van der Waals surface area contributed by atoms with Gasteiger partial charge in [-0.25, -0.2) is 0 Å². The molecule has 0 spiro atoms. The van der Waals surface area contributed by atoms with E-state index in [-0.39, 0.29) is 0 Å². The van der Waals surface area contributed by atoms with Gasteiger partial charge >= 0.3 is 0 Å². The van der Waals surface area contributed by atoms with Gasteiger partial charge < -0.3 is 14.5 Å². The van der Waals surface area contributed by atoms with Gasteiger partial charge in [-0.1, -0.05) is 37.0 Å². The van der Waals surface area contributed by atoms with Crippen LogP contribution in [0.2, 0.25) is 10.0 Å². The van der Waals surface area contributed by atoms with Crippen molar-refractivity contribution >= 4 is 23.2 Å². The van der Waals surface area contributed by atoms with Crippen molar-refractivity contribution in [2.45, 2.75) is 27.0 Å². The molecule has 0 bridgehead atoms. The predicted molar refractivity (Wildman–Crippen MR) is 86.0 cm³/mol. The molecule has 1 aromatic carbocycles. The molecule has 0 radical (unpaired) electrons. The molecule has 0 unspecified atom stereocenters. The highest BCUT2D eigenvalue weighted by Crippen LogP contribution is 2.26. The van der Waals surface area contributed by atoms with E-state index < -0.39 is 0 Å². The maximum Gasteiger partial charge on any atom is 0.146 e. The molecule has 0 saturated carbocycles. The van der Waals surface area contributed by atoms with E-state index >= 15 is 0 Å². The number of hydrogen-bond donors (Lipinski definition) is 1. The van der Waals surface area contributed by atoms with Crippen LogP contribution >= 0.6 is 23.2 Å². The number of halogens is 2. The zero-order chi connectivity index (χ0) is 15.2. The summed E-state index contributed by atoms with van der Waals surface area (Å²) in [6.45, 7) is 6.40. The van der Waals surface area contributed by atoms with Crippen LogP contribution in [0.4, 0.5) is 0 Å². The first-order valence-corrected chi connectivity index (χ1v) is 7.66. The van der Waals surface area contributed by atoms with E-state index in [1.54, 1.807) is 18.2 Å². The van der Waals surface area contributed by atoms with Crippen molar-refractivity contribution in [2.24, 2.45) is 5.92 Å². The topological polar surface area (TPSA) is 34.4 Å². The summed E-state index contributed by atoms with van der Waals surface area (Å²) >= 11 is 11.8. The van der Waals surface area contributed by atoms with E-state index in [2.05, 4.69) is 19.2 Å². The van der Waals surface area contributed by atoms with Gasteiger partial charge in [0.15, 0.2) is 0 Å². The predicted octanol–water partition coefficient (Wildman–Crippen LogP) is 4.91. The summed E-state index contributed by atoms with van der Waals surface area (Å²) in [5.74, 6) is 2.98. The highest BCUT2D eigenvalue weighted by atomic mass is 35.5. The molecular formula is C16H19Cl2NO2. The van der Waals surface area contributed by atoms with Gasteiger partial charge in [-0.05, 0) is 36.7 Å². The Hall–Kier alpha value is -1.16. The smallest absolute Gasteiger partial charge is 0.146 e. The van der Waals surface area contributed by atoms with Crippen molar-refractivity contribution in [2.75, 3.05) is 6.54 Å². The maximum absolute atomic E-state index is 5.94. The zero-order valence-corrected chi connectivity index (χ0v) is 13.7. The van der Waals surface area contributed by atoms with Crippen LogP contribution < -0.4 is 10.1 Å². The molecule has 0 aliphatic rings. The second-order valence-electron chi connectivity index (χ2n) is 5.26. The quantitative estimate of drug-likeness (QED) is 0.784. The minimum absolute atomic E-state index is 0.363. The first-order chi connectivity index (χ1) is 10.0. The number of ether oxygens (including phenoxy) is 1. The molecule has 1 heterocycles. The van der Waals surface area contributed by atoms with E-state index in [0.29, 0.717) is 28.3 Å². The lowest BCUT2D eigenvalue weighted by molar-refractivity contribution is 0.265. The molecule has 3 nitrogen and oxygen atoms in total. The van der Waals surface area contributed by atoms with Crippen molar-refractivity contribution in [1.82, 2.24) is 5.32 Å². The third kappa shape index (κ3) is 5.27. The molecule has 1 N–H and O–H groups in total. The lowest BCUT2D eigenvalue weighted by atomic mass is 10.2. The molecule has 0 aliphatic heterocycles. The lowest BCUT2D eigenvalue weighted by Gasteiger charge is -2.06. The van der Waals surface area contributed by atoms with Gasteiger partial charge in [0, 0.05) is 6.07 Å². The first-order valence-electron chi connectivity index (χ1n) is 6.90. The fraction of sp³-hybridized carbons (Fsp3) is 0.375. The fourth-order valence-corrected chi connectivity index (χ4v) is 2.09. The molecule has 0 amide bonds. The number of hydrogen-bond acceptors (Lipinski definition) is 3. The molecule has 1 aromatic heterocycles. The SMILES string of the molecule is CC(C)CNCc1ccc(COc2ccc(Cl)c(Cl)c2)o1. The number of furan rings is 1. The van der Waals surface area contributed by atoms with Gasteiger partial charge in [0.2, 0.25) is 0 Å². The molecule has 2 rings (SSSR count). The molecule has 0 atom stereocenters. The summed E-state index contributed by atoms with van der Waals surface area (Å²) in [6, 6.07) is 9.06. The Morgan fingerprint density at radius 3 is 2.57 bits per heavy atom. The average Bonchev–Trinajstić information content (AvgIpc) is 2.88. The van der Waals surface area contributed by atoms with Crippen LogP contribution in [0.1, 0.15) is 25.4 Å². The van der Waals surface area contributed by atoms with Crippen LogP contribution in [0, 0.1) is 5.92 Å². The summed E-state index contributed by atoms with van der Waals surface area (Å²) in [7, 11) is 0. The second-order valence-corrected chi connectivity index (χ2v) is 6.07. The Bertz CT molecular complexity index is 581. The van der Waals surface area contributed by atoms with Gasteiger partial charge in [0.05, 0.1) is 16.6 Å². The van der Waals surface area contributed by atoms with Crippen molar-refractivity contribution < 1.29 is 9.15 Å². The highest BCUT2D eigenvalue weighted by Gasteiger charge is 2.05. The summed E-state index contributed by atoms with van der Waals surface area (Å²) in [5.41, 5.74) is 0. The van der Waals surface area contributed by atoms with Gasteiger partial charge in [-0.15, -0.1) is 0 Å². The summed E-state index contributed by atoms with van der Waals surface area (Å²) in [6.07, 6.45) is 0. The fourth-order valence-electron chi connectivity index (χ4n) is 1.80. The molecule has 0 aliphatic carbocycles. The normalized spacial score (nSPS) is 11.1.